The van der Waals surface area contributed by atoms with Crippen molar-refractivity contribution in [2.45, 2.75) is 19.4 Å². The molecule has 0 bridgehead atoms. The minimum Gasteiger partial charge on any atom is -0.323 e. The molecule has 0 aromatic carbocycles. The van der Waals surface area contributed by atoms with Gasteiger partial charge < -0.3 is 5.73 Å². The number of thiophene rings is 1. The molecule has 0 saturated heterocycles. The molecule has 0 unspecified atom stereocenters. The monoisotopic (exact) mass is 253 g/mol. The molecule has 2 N–H and O–H groups in total. The lowest BCUT2D eigenvalue weighted by atomic mass is 10.2. The minimum atomic E-state index is 0.129. The third kappa shape index (κ3) is 2.18. The van der Waals surface area contributed by atoms with Crippen LogP contribution in [0.3, 0.4) is 0 Å². The maximum Gasteiger partial charge on any atom is 0.107 e. The van der Waals surface area contributed by atoms with Crippen LogP contribution in [0, 0.1) is 0 Å². The second kappa shape index (κ2) is 3.90. The van der Waals surface area contributed by atoms with Gasteiger partial charge in [-0.2, -0.15) is 0 Å². The van der Waals surface area contributed by atoms with Crippen LogP contribution in [-0.4, -0.2) is 0 Å². The summed E-state index contributed by atoms with van der Waals surface area (Å²) in [6.07, 6.45) is 0.948. The molecule has 1 aromatic rings. The quantitative estimate of drug-likeness (QED) is 0.858. The van der Waals surface area contributed by atoms with Crippen molar-refractivity contribution >= 4 is 38.9 Å². The Morgan fingerprint density at radius 1 is 1.82 bits per heavy atom. The van der Waals surface area contributed by atoms with E-state index in [1.54, 1.807) is 11.3 Å². The zero-order valence-electron chi connectivity index (χ0n) is 6.10. The van der Waals surface area contributed by atoms with Crippen LogP contribution in [-0.2, 0) is 0 Å². The van der Waals surface area contributed by atoms with E-state index in [1.807, 2.05) is 6.07 Å². The van der Waals surface area contributed by atoms with Gasteiger partial charge in [-0.1, -0.05) is 18.5 Å². The van der Waals surface area contributed by atoms with Gasteiger partial charge in [0.05, 0.1) is 0 Å². The van der Waals surface area contributed by atoms with Gasteiger partial charge in [0.1, 0.15) is 4.34 Å². The highest BCUT2D eigenvalue weighted by Gasteiger charge is 2.09. The van der Waals surface area contributed by atoms with Crippen LogP contribution in [0.15, 0.2) is 10.5 Å². The van der Waals surface area contributed by atoms with Crippen LogP contribution in [0.1, 0.15) is 24.3 Å². The summed E-state index contributed by atoms with van der Waals surface area (Å²) >= 11 is 10.7. The predicted octanol–water partition coefficient (Wildman–Crippen LogP) is 3.57. The van der Waals surface area contributed by atoms with Gasteiger partial charge in [-0.3, -0.25) is 0 Å². The number of halogens is 2. The van der Waals surface area contributed by atoms with Crippen LogP contribution in [0.25, 0.3) is 0 Å². The molecule has 1 aromatic heterocycles. The average Bonchev–Trinajstić information content (AvgIpc) is 2.31. The van der Waals surface area contributed by atoms with E-state index in [1.165, 1.54) is 0 Å². The Bertz CT molecular complexity index is 229. The van der Waals surface area contributed by atoms with E-state index >= 15 is 0 Å². The van der Waals surface area contributed by atoms with Crippen LogP contribution >= 0.6 is 38.9 Å². The average molecular weight is 255 g/mol. The Kier molecular flexibility index (Phi) is 3.37. The summed E-state index contributed by atoms with van der Waals surface area (Å²) < 4.78 is 1.73. The first-order valence-corrected chi connectivity index (χ1v) is 5.34. The normalized spacial score (nSPS) is 13.5. The summed E-state index contributed by atoms with van der Waals surface area (Å²) in [6.45, 7) is 2.06. The Balaban J connectivity index is 2.88. The molecule has 11 heavy (non-hydrogen) atoms. The fourth-order valence-corrected chi connectivity index (χ4v) is 2.57. The van der Waals surface area contributed by atoms with E-state index in [9.17, 15) is 0 Å². The first-order chi connectivity index (χ1) is 5.15. The summed E-state index contributed by atoms with van der Waals surface area (Å²) in [7, 11) is 0. The fourth-order valence-electron chi connectivity index (χ4n) is 0.747. The predicted molar refractivity (Wildman–Crippen MR) is 54.2 cm³/mol. The maximum atomic E-state index is 5.85. The van der Waals surface area contributed by atoms with Gasteiger partial charge in [0.25, 0.3) is 0 Å². The molecule has 0 amide bonds. The smallest absolute Gasteiger partial charge is 0.107 e. The SMILES string of the molecule is CC[C@@H](N)c1cc(Br)c(Cl)s1. The molecule has 0 saturated carbocycles. The van der Waals surface area contributed by atoms with E-state index in [2.05, 4.69) is 22.9 Å². The van der Waals surface area contributed by atoms with Crippen LogP contribution in [0.5, 0.6) is 0 Å². The summed E-state index contributed by atoms with van der Waals surface area (Å²) in [5, 5.41) is 0. The molecule has 62 valence electrons. The van der Waals surface area contributed by atoms with Gasteiger partial charge in [-0.25, -0.2) is 0 Å². The number of hydrogen-bond acceptors (Lipinski definition) is 2. The molecular weight excluding hydrogens is 246 g/mol. The molecule has 0 fully saturated rings. The molecule has 1 rings (SSSR count). The Hall–Kier alpha value is 0.430. The van der Waals surface area contributed by atoms with E-state index in [0.717, 1.165) is 20.1 Å². The summed E-state index contributed by atoms with van der Waals surface area (Å²) in [6, 6.07) is 2.12. The highest BCUT2D eigenvalue weighted by Crippen LogP contribution is 2.35. The second-order valence-electron chi connectivity index (χ2n) is 2.29. The van der Waals surface area contributed by atoms with Crippen LogP contribution < -0.4 is 5.73 Å². The van der Waals surface area contributed by atoms with Gasteiger partial charge in [-0.05, 0) is 28.4 Å². The van der Waals surface area contributed by atoms with E-state index in [0.29, 0.717) is 0 Å². The lowest BCUT2D eigenvalue weighted by molar-refractivity contribution is 0.712. The first-order valence-electron chi connectivity index (χ1n) is 3.35. The third-order valence-corrected chi connectivity index (χ3v) is 4.08. The standard InChI is InChI=1S/C7H9BrClNS/c1-2-5(10)6-3-4(8)7(9)11-6/h3,5H,2,10H2,1H3/t5-/m1/s1. The molecule has 1 nitrogen and oxygen atoms in total. The van der Waals surface area contributed by atoms with Crippen molar-refractivity contribution in [3.05, 3.63) is 19.8 Å². The molecule has 0 radical (unpaired) electrons. The zero-order chi connectivity index (χ0) is 8.43. The Morgan fingerprint density at radius 3 is 2.82 bits per heavy atom. The zero-order valence-corrected chi connectivity index (χ0v) is 9.26. The van der Waals surface area contributed by atoms with Gasteiger partial charge in [0.15, 0.2) is 0 Å². The van der Waals surface area contributed by atoms with Crippen molar-refractivity contribution in [1.82, 2.24) is 0 Å². The minimum absolute atomic E-state index is 0.129. The molecule has 1 heterocycles. The molecule has 0 aliphatic carbocycles. The number of hydrogen-bond donors (Lipinski definition) is 1. The molecule has 0 aliphatic heterocycles. The maximum absolute atomic E-state index is 5.85. The summed E-state index contributed by atoms with van der Waals surface area (Å²) in [5.74, 6) is 0. The molecular formula is C7H9BrClNS. The highest BCUT2D eigenvalue weighted by molar-refractivity contribution is 9.10. The van der Waals surface area contributed by atoms with E-state index in [-0.39, 0.29) is 6.04 Å². The van der Waals surface area contributed by atoms with Crippen molar-refractivity contribution in [1.29, 1.82) is 0 Å². The van der Waals surface area contributed by atoms with Gasteiger partial charge >= 0.3 is 0 Å². The Labute approximate surface area is 83.7 Å². The van der Waals surface area contributed by atoms with E-state index in [4.69, 9.17) is 17.3 Å². The highest BCUT2D eigenvalue weighted by atomic mass is 79.9. The van der Waals surface area contributed by atoms with Gasteiger partial charge in [-0.15, -0.1) is 11.3 Å². The third-order valence-electron chi connectivity index (χ3n) is 1.47. The first kappa shape index (κ1) is 9.52. The van der Waals surface area contributed by atoms with Gasteiger partial charge in [0.2, 0.25) is 0 Å². The van der Waals surface area contributed by atoms with Gasteiger partial charge in [0, 0.05) is 15.4 Å². The second-order valence-corrected chi connectivity index (χ2v) is 4.83. The molecule has 0 spiro atoms. The van der Waals surface area contributed by atoms with Crippen molar-refractivity contribution < 1.29 is 0 Å². The van der Waals surface area contributed by atoms with Crippen molar-refractivity contribution in [2.75, 3.05) is 0 Å². The van der Waals surface area contributed by atoms with Crippen LogP contribution in [0.2, 0.25) is 4.34 Å². The summed E-state index contributed by atoms with van der Waals surface area (Å²) in [4.78, 5) is 1.14. The number of nitrogens with two attached hydrogens (primary N) is 1. The van der Waals surface area contributed by atoms with Crippen molar-refractivity contribution in [3.63, 3.8) is 0 Å². The lowest BCUT2D eigenvalue weighted by Gasteiger charge is -2.02. The van der Waals surface area contributed by atoms with Crippen LogP contribution in [0.4, 0.5) is 0 Å². The molecule has 1 atom stereocenters. The molecule has 4 heteroatoms. The lowest BCUT2D eigenvalue weighted by Crippen LogP contribution is -2.05. The molecule has 0 aliphatic rings. The summed E-state index contributed by atoms with van der Waals surface area (Å²) in [5.41, 5.74) is 5.81. The number of rotatable bonds is 2. The van der Waals surface area contributed by atoms with E-state index < -0.39 is 0 Å². The fraction of sp³-hybridized carbons (Fsp3) is 0.429. The Morgan fingerprint density at radius 2 is 2.45 bits per heavy atom. The van der Waals surface area contributed by atoms with Crippen molar-refractivity contribution in [2.24, 2.45) is 5.73 Å². The largest absolute Gasteiger partial charge is 0.323 e. The van der Waals surface area contributed by atoms with Crippen molar-refractivity contribution in [3.8, 4) is 0 Å². The topological polar surface area (TPSA) is 26.0 Å².